The molecular weight excluding hydrogens is 396 g/mol. The lowest BCUT2D eigenvalue weighted by Crippen LogP contribution is -2.66. The first-order valence-corrected chi connectivity index (χ1v) is 10.9. The second-order valence-corrected chi connectivity index (χ2v) is 8.61. The number of carbonyl (C=O) groups excluding carboxylic acids is 2. The fourth-order valence-corrected chi connectivity index (χ4v) is 4.78. The number of nitrogens with zero attached hydrogens (tertiary/aromatic N) is 2. The molecule has 5 rings (SSSR count). The minimum Gasteiger partial charge on any atom is -0.464 e. The average molecular weight is 425 g/mol. The molecule has 2 fully saturated rings. The summed E-state index contributed by atoms with van der Waals surface area (Å²) in [5.74, 6) is 1.28. The number of anilines is 1. The van der Waals surface area contributed by atoms with E-state index in [9.17, 15) is 9.59 Å². The van der Waals surface area contributed by atoms with Crippen molar-refractivity contribution in [1.29, 1.82) is 0 Å². The van der Waals surface area contributed by atoms with Crippen LogP contribution in [0.5, 0.6) is 0 Å². The molecule has 1 spiro atoms. The SMILES string of the molecule is Cc1oc(CN2CCOCC2)cc1C(=O)N1CCCC2(C1)NC(=O)c1ccccc1N2. The summed E-state index contributed by atoms with van der Waals surface area (Å²) in [7, 11) is 0. The van der Waals surface area contributed by atoms with Gasteiger partial charge in [-0.1, -0.05) is 12.1 Å². The first-order chi connectivity index (χ1) is 15.0. The number of piperidine rings is 1. The molecule has 2 saturated heterocycles. The number of hydrogen-bond acceptors (Lipinski definition) is 6. The molecule has 0 aliphatic carbocycles. The number of carbonyl (C=O) groups is 2. The summed E-state index contributed by atoms with van der Waals surface area (Å²) in [4.78, 5) is 30.1. The number of aryl methyl sites for hydroxylation is 1. The summed E-state index contributed by atoms with van der Waals surface area (Å²) < 4.78 is 11.3. The molecule has 1 aromatic carbocycles. The van der Waals surface area contributed by atoms with Gasteiger partial charge in [0.15, 0.2) is 0 Å². The molecule has 1 aromatic heterocycles. The number of benzene rings is 1. The molecule has 8 heteroatoms. The summed E-state index contributed by atoms with van der Waals surface area (Å²) in [5, 5.41) is 6.60. The summed E-state index contributed by atoms with van der Waals surface area (Å²) in [6.07, 6.45) is 1.57. The van der Waals surface area contributed by atoms with Gasteiger partial charge in [0.05, 0.1) is 37.4 Å². The van der Waals surface area contributed by atoms with E-state index in [4.69, 9.17) is 9.15 Å². The Hall–Kier alpha value is -2.84. The Balaban J connectivity index is 1.32. The van der Waals surface area contributed by atoms with Crippen LogP contribution in [0.1, 0.15) is 45.1 Å². The first-order valence-electron chi connectivity index (χ1n) is 10.9. The van der Waals surface area contributed by atoms with Crippen molar-refractivity contribution >= 4 is 17.5 Å². The van der Waals surface area contributed by atoms with Gasteiger partial charge in [-0.15, -0.1) is 0 Å². The third kappa shape index (κ3) is 3.93. The first kappa shape index (κ1) is 20.1. The highest BCUT2D eigenvalue weighted by atomic mass is 16.5. The Kier molecular flexibility index (Phi) is 5.19. The standard InChI is InChI=1S/C23H28N4O4/c1-16-19(13-17(31-16)14-26-9-11-30-12-10-26)22(29)27-8-4-7-23(15-27)24-20-6-3-2-5-18(20)21(28)25-23/h2-3,5-6,13,24H,4,7-12,14-15H2,1H3,(H,25,28). The molecule has 2 aromatic rings. The maximum absolute atomic E-state index is 13.4. The highest BCUT2D eigenvalue weighted by molar-refractivity contribution is 6.02. The molecule has 0 radical (unpaired) electrons. The molecule has 3 aliphatic heterocycles. The molecule has 1 unspecified atom stereocenters. The minimum absolute atomic E-state index is 0.0524. The van der Waals surface area contributed by atoms with E-state index in [1.54, 1.807) is 6.07 Å². The Bertz CT molecular complexity index is 997. The Labute approximate surface area is 181 Å². The number of ether oxygens (including phenoxy) is 1. The molecule has 1 atom stereocenters. The molecule has 8 nitrogen and oxygen atoms in total. The van der Waals surface area contributed by atoms with Crippen LogP contribution in [0.25, 0.3) is 0 Å². The lowest BCUT2D eigenvalue weighted by Gasteiger charge is -2.46. The normalized spacial score (nSPS) is 23.9. The Morgan fingerprint density at radius 3 is 2.81 bits per heavy atom. The smallest absolute Gasteiger partial charge is 0.257 e. The molecule has 0 saturated carbocycles. The van der Waals surface area contributed by atoms with Gasteiger partial charge in [0.25, 0.3) is 11.8 Å². The number of likely N-dealkylation sites (tertiary alicyclic amines) is 1. The van der Waals surface area contributed by atoms with Crippen LogP contribution >= 0.6 is 0 Å². The molecule has 2 N–H and O–H groups in total. The summed E-state index contributed by atoms with van der Waals surface area (Å²) in [6.45, 7) is 6.77. The van der Waals surface area contributed by atoms with E-state index in [-0.39, 0.29) is 11.8 Å². The maximum atomic E-state index is 13.4. The van der Waals surface area contributed by atoms with Crippen LogP contribution in [0.2, 0.25) is 0 Å². The second-order valence-electron chi connectivity index (χ2n) is 8.61. The van der Waals surface area contributed by atoms with Crippen molar-refractivity contribution in [2.75, 3.05) is 44.7 Å². The van der Waals surface area contributed by atoms with Gasteiger partial charge in [-0.2, -0.15) is 0 Å². The molecule has 164 valence electrons. The van der Waals surface area contributed by atoms with Crippen LogP contribution in [0.4, 0.5) is 5.69 Å². The third-order valence-corrected chi connectivity index (χ3v) is 6.36. The molecule has 0 bridgehead atoms. The van der Waals surface area contributed by atoms with E-state index in [0.717, 1.165) is 50.6 Å². The van der Waals surface area contributed by atoms with Crippen LogP contribution in [0.3, 0.4) is 0 Å². The van der Waals surface area contributed by atoms with Crippen molar-refractivity contribution < 1.29 is 18.7 Å². The second kappa shape index (κ2) is 8.01. The van der Waals surface area contributed by atoms with Gasteiger partial charge in [0.2, 0.25) is 0 Å². The maximum Gasteiger partial charge on any atom is 0.257 e. The van der Waals surface area contributed by atoms with E-state index in [0.29, 0.717) is 36.5 Å². The highest BCUT2D eigenvalue weighted by Gasteiger charge is 2.42. The average Bonchev–Trinajstić information content (AvgIpc) is 3.13. The van der Waals surface area contributed by atoms with E-state index >= 15 is 0 Å². The number of nitrogens with one attached hydrogen (secondary N) is 2. The zero-order valence-corrected chi connectivity index (χ0v) is 17.8. The summed E-state index contributed by atoms with van der Waals surface area (Å²) >= 11 is 0. The fourth-order valence-electron chi connectivity index (χ4n) is 4.78. The molecule has 3 aliphatic rings. The monoisotopic (exact) mass is 424 g/mol. The van der Waals surface area contributed by atoms with E-state index in [1.165, 1.54) is 0 Å². The largest absolute Gasteiger partial charge is 0.464 e. The molecule has 31 heavy (non-hydrogen) atoms. The predicted molar refractivity (Wildman–Crippen MR) is 115 cm³/mol. The van der Waals surface area contributed by atoms with Gasteiger partial charge < -0.3 is 24.7 Å². The van der Waals surface area contributed by atoms with Crippen molar-refractivity contribution in [3.05, 3.63) is 53.0 Å². The fraction of sp³-hybridized carbons (Fsp3) is 0.478. The van der Waals surface area contributed by atoms with Gasteiger partial charge in [0.1, 0.15) is 17.2 Å². The quantitative estimate of drug-likeness (QED) is 0.786. The number of fused-ring (bicyclic) bond motifs is 1. The minimum atomic E-state index is -0.645. The van der Waals surface area contributed by atoms with Crippen molar-refractivity contribution in [2.24, 2.45) is 0 Å². The van der Waals surface area contributed by atoms with Gasteiger partial charge in [-0.25, -0.2) is 0 Å². The summed E-state index contributed by atoms with van der Waals surface area (Å²) in [6, 6.07) is 9.35. The van der Waals surface area contributed by atoms with E-state index in [1.807, 2.05) is 36.1 Å². The van der Waals surface area contributed by atoms with E-state index in [2.05, 4.69) is 15.5 Å². The van der Waals surface area contributed by atoms with Gasteiger partial charge in [0, 0.05) is 25.3 Å². The molecular formula is C23H28N4O4. The van der Waals surface area contributed by atoms with Crippen LogP contribution < -0.4 is 10.6 Å². The van der Waals surface area contributed by atoms with Crippen LogP contribution in [0.15, 0.2) is 34.7 Å². The molecule has 2 amide bonds. The number of rotatable bonds is 3. The van der Waals surface area contributed by atoms with Crippen molar-refractivity contribution in [3.8, 4) is 0 Å². The van der Waals surface area contributed by atoms with Crippen molar-refractivity contribution in [3.63, 3.8) is 0 Å². The van der Waals surface area contributed by atoms with Crippen LogP contribution in [0, 0.1) is 6.92 Å². The van der Waals surface area contributed by atoms with Gasteiger partial charge in [-0.3, -0.25) is 14.5 Å². The number of para-hydroxylation sites is 1. The number of hydrogen-bond donors (Lipinski definition) is 2. The zero-order valence-electron chi connectivity index (χ0n) is 17.8. The molecule has 4 heterocycles. The number of morpholine rings is 1. The predicted octanol–water partition coefficient (Wildman–Crippen LogP) is 2.21. The van der Waals surface area contributed by atoms with Crippen molar-refractivity contribution in [1.82, 2.24) is 15.1 Å². The van der Waals surface area contributed by atoms with E-state index < -0.39 is 5.66 Å². The van der Waals surface area contributed by atoms with Crippen LogP contribution in [-0.2, 0) is 11.3 Å². The topological polar surface area (TPSA) is 87.1 Å². The lowest BCUT2D eigenvalue weighted by atomic mass is 9.93. The Morgan fingerprint density at radius 2 is 1.97 bits per heavy atom. The third-order valence-electron chi connectivity index (χ3n) is 6.36. The highest BCUT2D eigenvalue weighted by Crippen LogP contribution is 2.31. The van der Waals surface area contributed by atoms with Gasteiger partial charge in [-0.05, 0) is 38.0 Å². The van der Waals surface area contributed by atoms with Crippen LogP contribution in [-0.4, -0.2) is 66.7 Å². The lowest BCUT2D eigenvalue weighted by molar-refractivity contribution is 0.0312. The van der Waals surface area contributed by atoms with Gasteiger partial charge >= 0.3 is 0 Å². The number of furan rings is 1. The van der Waals surface area contributed by atoms with Crippen molar-refractivity contribution in [2.45, 2.75) is 32.0 Å². The number of amides is 2. The zero-order chi connectivity index (χ0) is 21.4. The Morgan fingerprint density at radius 1 is 1.16 bits per heavy atom. The summed E-state index contributed by atoms with van der Waals surface area (Å²) in [5.41, 5.74) is 1.40.